The molecule has 0 aromatic heterocycles. The fourth-order valence-electron chi connectivity index (χ4n) is 3.08. The minimum absolute atomic E-state index is 0.0995. The van der Waals surface area contributed by atoms with Crippen LogP contribution >= 0.6 is 0 Å². The second-order valence-electron chi connectivity index (χ2n) is 6.76. The number of amides is 2. The van der Waals surface area contributed by atoms with E-state index in [2.05, 4.69) is 18.4 Å². The van der Waals surface area contributed by atoms with Gasteiger partial charge in [0.25, 0.3) is 11.8 Å². The number of benzene rings is 3. The van der Waals surface area contributed by atoms with Crippen molar-refractivity contribution in [2.24, 2.45) is 0 Å². The minimum atomic E-state index is -0.418. The van der Waals surface area contributed by atoms with Crippen molar-refractivity contribution in [3.63, 3.8) is 0 Å². The molecule has 144 valence electrons. The topological polar surface area (TPSA) is 58.6 Å². The van der Waals surface area contributed by atoms with Crippen LogP contribution < -0.4 is 15.2 Å². The van der Waals surface area contributed by atoms with Gasteiger partial charge in [0.05, 0.1) is 5.69 Å². The Kier molecular flexibility index (Phi) is 5.12. The Balaban J connectivity index is 1.46. The number of nitrogens with zero attached hydrogens (tertiary/aromatic N) is 1. The second-order valence-corrected chi connectivity index (χ2v) is 6.76. The number of carbonyl (C=O) groups excluding carboxylic acids is 2. The number of hydrogen-bond donors (Lipinski definition) is 1. The lowest BCUT2D eigenvalue weighted by Gasteiger charge is -2.13. The number of nitrogens with one attached hydrogen (secondary N) is 1. The molecule has 5 nitrogen and oxygen atoms in total. The van der Waals surface area contributed by atoms with Gasteiger partial charge in [-0.3, -0.25) is 15.0 Å². The van der Waals surface area contributed by atoms with E-state index in [1.165, 1.54) is 10.6 Å². The number of anilines is 1. The van der Waals surface area contributed by atoms with Gasteiger partial charge in [-0.05, 0) is 54.0 Å². The Bertz CT molecular complexity index is 1070. The molecule has 1 heterocycles. The van der Waals surface area contributed by atoms with Crippen LogP contribution in [0.25, 0.3) is 6.08 Å². The SMILES string of the molecule is Cc1ccccc1COc1ccc(/C=C2\C(=O)NN(c3ccccc3)C2=O)cc1. The van der Waals surface area contributed by atoms with Crippen LogP contribution in [-0.4, -0.2) is 11.8 Å². The van der Waals surface area contributed by atoms with Crippen LogP contribution in [0.4, 0.5) is 5.69 Å². The molecular weight excluding hydrogens is 364 g/mol. The highest BCUT2D eigenvalue weighted by molar-refractivity contribution is 6.31. The molecule has 1 fully saturated rings. The molecule has 1 aliphatic rings. The fourth-order valence-corrected chi connectivity index (χ4v) is 3.08. The van der Waals surface area contributed by atoms with Crippen molar-refractivity contribution in [1.82, 2.24) is 5.43 Å². The summed E-state index contributed by atoms with van der Waals surface area (Å²) in [6, 6.07) is 24.4. The van der Waals surface area contributed by atoms with E-state index in [0.29, 0.717) is 12.3 Å². The first kappa shape index (κ1) is 18.5. The highest BCUT2D eigenvalue weighted by atomic mass is 16.5. The summed E-state index contributed by atoms with van der Waals surface area (Å²) >= 11 is 0. The highest BCUT2D eigenvalue weighted by Crippen LogP contribution is 2.22. The molecule has 29 heavy (non-hydrogen) atoms. The van der Waals surface area contributed by atoms with Gasteiger partial charge < -0.3 is 4.74 Å². The molecule has 1 saturated heterocycles. The Morgan fingerprint density at radius 3 is 2.31 bits per heavy atom. The third kappa shape index (κ3) is 4.04. The Morgan fingerprint density at radius 2 is 1.59 bits per heavy atom. The predicted molar refractivity (Wildman–Crippen MR) is 112 cm³/mol. The largest absolute Gasteiger partial charge is 0.489 e. The van der Waals surface area contributed by atoms with E-state index in [0.717, 1.165) is 16.9 Å². The maximum absolute atomic E-state index is 12.6. The first-order valence-corrected chi connectivity index (χ1v) is 9.31. The molecule has 0 spiro atoms. The zero-order valence-corrected chi connectivity index (χ0v) is 16.0. The number of hydrazine groups is 1. The van der Waals surface area contributed by atoms with Gasteiger partial charge in [-0.25, -0.2) is 5.01 Å². The van der Waals surface area contributed by atoms with E-state index in [1.807, 2.05) is 60.7 Å². The van der Waals surface area contributed by atoms with Crippen molar-refractivity contribution >= 4 is 23.6 Å². The molecule has 1 N–H and O–H groups in total. The van der Waals surface area contributed by atoms with E-state index >= 15 is 0 Å². The number of ether oxygens (including phenoxy) is 1. The number of aryl methyl sites for hydroxylation is 1. The molecule has 0 saturated carbocycles. The quantitative estimate of drug-likeness (QED) is 0.534. The second kappa shape index (κ2) is 8.02. The number of carbonyl (C=O) groups is 2. The lowest BCUT2D eigenvalue weighted by atomic mass is 10.1. The van der Waals surface area contributed by atoms with E-state index in [1.54, 1.807) is 18.2 Å². The number of para-hydroxylation sites is 1. The summed E-state index contributed by atoms with van der Waals surface area (Å²) in [5.41, 5.74) is 6.38. The molecule has 0 aliphatic carbocycles. The Labute approximate surface area is 169 Å². The summed E-state index contributed by atoms with van der Waals surface area (Å²) < 4.78 is 5.84. The van der Waals surface area contributed by atoms with Crippen LogP contribution in [0.1, 0.15) is 16.7 Å². The lowest BCUT2D eigenvalue weighted by Crippen LogP contribution is -2.35. The van der Waals surface area contributed by atoms with Crippen molar-refractivity contribution in [3.8, 4) is 5.75 Å². The maximum atomic E-state index is 12.6. The third-order valence-electron chi connectivity index (χ3n) is 4.75. The van der Waals surface area contributed by atoms with Crippen LogP contribution in [0.3, 0.4) is 0 Å². The van der Waals surface area contributed by atoms with Gasteiger partial charge in [0.15, 0.2) is 0 Å². The molecular formula is C24H20N2O3. The van der Waals surface area contributed by atoms with Gasteiger partial charge in [0.2, 0.25) is 0 Å². The minimum Gasteiger partial charge on any atom is -0.489 e. The Morgan fingerprint density at radius 1 is 0.897 bits per heavy atom. The van der Waals surface area contributed by atoms with Gasteiger partial charge in [-0.2, -0.15) is 0 Å². The molecule has 1 aliphatic heterocycles. The molecule has 3 aromatic carbocycles. The van der Waals surface area contributed by atoms with Crippen LogP contribution in [0.2, 0.25) is 0 Å². The molecule has 5 heteroatoms. The van der Waals surface area contributed by atoms with Crippen molar-refractivity contribution in [3.05, 3.63) is 101 Å². The molecule has 0 atom stereocenters. The van der Waals surface area contributed by atoms with E-state index in [4.69, 9.17) is 4.74 Å². The van der Waals surface area contributed by atoms with Crippen LogP contribution in [0.5, 0.6) is 5.75 Å². The number of rotatable bonds is 5. The Hall–Kier alpha value is -3.86. The standard InChI is InChI=1S/C24H20N2O3/c1-17-7-5-6-8-19(17)16-29-21-13-11-18(12-14-21)15-22-23(27)25-26(24(22)28)20-9-3-2-4-10-20/h2-15H,16H2,1H3,(H,25,27)/b22-15+. The first-order valence-electron chi connectivity index (χ1n) is 9.31. The summed E-state index contributed by atoms with van der Waals surface area (Å²) in [6.07, 6.45) is 1.59. The van der Waals surface area contributed by atoms with Gasteiger partial charge in [0, 0.05) is 0 Å². The molecule has 0 unspecified atom stereocenters. The van der Waals surface area contributed by atoms with E-state index < -0.39 is 5.91 Å². The summed E-state index contributed by atoms with van der Waals surface area (Å²) in [5.74, 6) is -0.0664. The number of hydrogen-bond acceptors (Lipinski definition) is 3. The molecule has 3 aromatic rings. The van der Waals surface area contributed by atoms with Crippen molar-refractivity contribution in [2.75, 3.05) is 5.01 Å². The average molecular weight is 384 g/mol. The van der Waals surface area contributed by atoms with Gasteiger partial charge >= 0.3 is 0 Å². The van der Waals surface area contributed by atoms with Crippen molar-refractivity contribution < 1.29 is 14.3 Å². The summed E-state index contributed by atoms with van der Waals surface area (Å²) in [7, 11) is 0. The summed E-state index contributed by atoms with van der Waals surface area (Å²) in [6.45, 7) is 2.54. The van der Waals surface area contributed by atoms with Gasteiger partial charge in [0.1, 0.15) is 17.9 Å². The van der Waals surface area contributed by atoms with Crippen LogP contribution in [0, 0.1) is 6.92 Å². The maximum Gasteiger partial charge on any atom is 0.282 e. The molecule has 2 amide bonds. The molecule has 4 rings (SSSR count). The zero-order chi connectivity index (χ0) is 20.2. The third-order valence-corrected chi connectivity index (χ3v) is 4.75. The summed E-state index contributed by atoms with van der Waals surface area (Å²) in [4.78, 5) is 24.9. The van der Waals surface area contributed by atoms with Crippen LogP contribution in [0.15, 0.2) is 84.4 Å². The molecule has 0 bridgehead atoms. The van der Waals surface area contributed by atoms with Crippen molar-refractivity contribution in [2.45, 2.75) is 13.5 Å². The summed E-state index contributed by atoms with van der Waals surface area (Å²) in [5, 5.41) is 1.26. The first-order chi connectivity index (χ1) is 14.1. The van der Waals surface area contributed by atoms with Crippen LogP contribution in [-0.2, 0) is 16.2 Å². The van der Waals surface area contributed by atoms with Crippen molar-refractivity contribution in [1.29, 1.82) is 0 Å². The van der Waals surface area contributed by atoms with Gasteiger partial charge in [-0.1, -0.05) is 54.6 Å². The normalized spacial score (nSPS) is 14.9. The highest BCUT2D eigenvalue weighted by Gasteiger charge is 2.34. The smallest absolute Gasteiger partial charge is 0.282 e. The van der Waals surface area contributed by atoms with E-state index in [-0.39, 0.29) is 11.5 Å². The lowest BCUT2D eigenvalue weighted by molar-refractivity contribution is -0.117. The fraction of sp³-hybridized carbons (Fsp3) is 0.0833. The zero-order valence-electron chi connectivity index (χ0n) is 16.0. The average Bonchev–Trinajstić information content (AvgIpc) is 3.03. The molecule has 0 radical (unpaired) electrons. The predicted octanol–water partition coefficient (Wildman–Crippen LogP) is 4.04. The monoisotopic (exact) mass is 384 g/mol. The van der Waals surface area contributed by atoms with E-state index in [9.17, 15) is 9.59 Å². The van der Waals surface area contributed by atoms with Gasteiger partial charge in [-0.15, -0.1) is 0 Å².